The molecule has 0 aliphatic carbocycles. The van der Waals surface area contributed by atoms with Gasteiger partial charge in [-0.25, -0.2) is 9.78 Å². The molecule has 2 rings (SSSR count). The largest absolute Gasteiger partial charge is 0.465 e. The van der Waals surface area contributed by atoms with Gasteiger partial charge < -0.3 is 10.4 Å². The normalized spacial score (nSPS) is 11.9. The van der Waals surface area contributed by atoms with Gasteiger partial charge in [0.15, 0.2) is 0 Å². The molecule has 7 nitrogen and oxygen atoms in total. The van der Waals surface area contributed by atoms with Crippen molar-refractivity contribution >= 4 is 35.3 Å². The third-order valence-electron chi connectivity index (χ3n) is 3.84. The van der Waals surface area contributed by atoms with Gasteiger partial charge in [0.25, 0.3) is 5.69 Å². The molecule has 27 heavy (non-hydrogen) atoms. The standard InChI is InChI=1S/C19H23N3O4S/c1-12(2)17-15(11-19(3,4)21-18(23)24)27-16(20-17)9-8-13-6-5-7-14(10-13)22(25)26/h5-10,12,21H,11H2,1-4H3,(H,23,24)/b9-8+. The van der Waals surface area contributed by atoms with Crippen LogP contribution in [0.3, 0.4) is 0 Å². The zero-order chi connectivity index (χ0) is 20.2. The summed E-state index contributed by atoms with van der Waals surface area (Å²) in [5.41, 5.74) is 1.10. The molecule has 0 spiro atoms. The highest BCUT2D eigenvalue weighted by Gasteiger charge is 2.25. The molecule has 1 heterocycles. The first-order valence-electron chi connectivity index (χ1n) is 8.50. The Morgan fingerprint density at radius 3 is 2.70 bits per heavy atom. The molecule has 0 atom stereocenters. The summed E-state index contributed by atoms with van der Waals surface area (Å²) in [6.07, 6.45) is 3.10. The van der Waals surface area contributed by atoms with E-state index < -0.39 is 16.6 Å². The number of benzene rings is 1. The maximum Gasteiger partial charge on any atom is 0.405 e. The number of nitro groups is 1. The van der Waals surface area contributed by atoms with Crippen LogP contribution >= 0.6 is 11.3 Å². The van der Waals surface area contributed by atoms with Crippen molar-refractivity contribution < 1.29 is 14.8 Å². The van der Waals surface area contributed by atoms with Gasteiger partial charge in [0.2, 0.25) is 0 Å². The molecule has 144 valence electrons. The lowest BCUT2D eigenvalue weighted by atomic mass is 9.97. The average Bonchev–Trinajstić information content (AvgIpc) is 2.94. The first kappa shape index (κ1) is 20.6. The summed E-state index contributed by atoms with van der Waals surface area (Å²) in [6, 6.07) is 6.40. The summed E-state index contributed by atoms with van der Waals surface area (Å²) < 4.78 is 0. The van der Waals surface area contributed by atoms with Gasteiger partial charge in [-0.2, -0.15) is 0 Å². The second kappa shape index (κ2) is 8.30. The SMILES string of the molecule is CC(C)c1nc(/C=C/c2cccc([N+](=O)[O-])c2)sc1CC(C)(C)NC(=O)O. The Labute approximate surface area is 161 Å². The lowest BCUT2D eigenvalue weighted by molar-refractivity contribution is -0.384. The maximum atomic E-state index is 11.0. The first-order chi connectivity index (χ1) is 12.6. The van der Waals surface area contributed by atoms with E-state index in [9.17, 15) is 14.9 Å². The Bertz CT molecular complexity index is 872. The molecule has 1 aromatic heterocycles. The minimum absolute atomic E-state index is 0.0429. The number of nitrogens with one attached hydrogen (secondary N) is 1. The van der Waals surface area contributed by atoms with Crippen LogP contribution in [0.4, 0.5) is 10.5 Å². The quantitative estimate of drug-likeness (QED) is 0.516. The molecule has 0 aliphatic rings. The fourth-order valence-corrected chi connectivity index (χ4v) is 4.03. The van der Waals surface area contributed by atoms with Crippen LogP contribution in [-0.2, 0) is 6.42 Å². The third-order valence-corrected chi connectivity index (χ3v) is 4.87. The predicted molar refractivity (Wildman–Crippen MR) is 107 cm³/mol. The molecule has 0 aliphatic heterocycles. The Hall–Kier alpha value is -2.74. The van der Waals surface area contributed by atoms with Gasteiger partial charge in [-0.15, -0.1) is 11.3 Å². The molecule has 0 saturated heterocycles. The molecule has 1 amide bonds. The second-order valence-corrected chi connectivity index (χ2v) is 8.31. The first-order valence-corrected chi connectivity index (χ1v) is 9.32. The van der Waals surface area contributed by atoms with Gasteiger partial charge in [-0.3, -0.25) is 10.1 Å². The average molecular weight is 389 g/mol. The fourth-order valence-electron chi connectivity index (χ4n) is 2.68. The summed E-state index contributed by atoms with van der Waals surface area (Å²) in [6.45, 7) is 7.77. The summed E-state index contributed by atoms with van der Waals surface area (Å²) in [4.78, 5) is 27.1. The Balaban J connectivity index is 2.27. The van der Waals surface area contributed by atoms with Gasteiger partial charge in [-0.05, 0) is 31.4 Å². The van der Waals surface area contributed by atoms with E-state index in [1.54, 1.807) is 18.2 Å². The second-order valence-electron chi connectivity index (χ2n) is 7.19. The van der Waals surface area contributed by atoms with E-state index in [0.717, 1.165) is 21.1 Å². The van der Waals surface area contributed by atoms with Crippen molar-refractivity contribution in [3.05, 3.63) is 55.5 Å². The number of aromatic nitrogens is 1. The van der Waals surface area contributed by atoms with E-state index in [1.165, 1.54) is 23.5 Å². The van der Waals surface area contributed by atoms with Crippen molar-refractivity contribution in [1.82, 2.24) is 10.3 Å². The number of thiazole rings is 1. The topological polar surface area (TPSA) is 105 Å². The van der Waals surface area contributed by atoms with Crippen LogP contribution in [0, 0.1) is 10.1 Å². The predicted octanol–water partition coefficient (Wildman–Crippen LogP) is 4.93. The van der Waals surface area contributed by atoms with Gasteiger partial charge in [-0.1, -0.05) is 32.1 Å². The summed E-state index contributed by atoms with van der Waals surface area (Å²) in [5, 5.41) is 23.2. The van der Waals surface area contributed by atoms with E-state index in [2.05, 4.69) is 10.3 Å². The lowest BCUT2D eigenvalue weighted by Gasteiger charge is -2.24. The van der Waals surface area contributed by atoms with Gasteiger partial charge in [0, 0.05) is 29.0 Å². The van der Waals surface area contributed by atoms with Gasteiger partial charge in [0.1, 0.15) is 5.01 Å². The minimum atomic E-state index is -1.05. The summed E-state index contributed by atoms with van der Waals surface area (Å²) in [5.74, 6) is 0.205. The highest BCUT2D eigenvalue weighted by molar-refractivity contribution is 7.12. The van der Waals surface area contributed by atoms with Crippen LogP contribution in [0.1, 0.15) is 54.8 Å². The van der Waals surface area contributed by atoms with Gasteiger partial charge in [0.05, 0.1) is 10.6 Å². The maximum absolute atomic E-state index is 11.0. The van der Waals surface area contributed by atoms with Crippen molar-refractivity contribution in [2.45, 2.75) is 45.6 Å². The van der Waals surface area contributed by atoms with Crippen molar-refractivity contribution in [3.8, 4) is 0 Å². The molecule has 0 saturated carbocycles. The third kappa shape index (κ3) is 5.89. The van der Waals surface area contributed by atoms with Crippen LogP contribution in [0.25, 0.3) is 12.2 Å². The van der Waals surface area contributed by atoms with E-state index in [1.807, 2.05) is 33.8 Å². The number of nitro benzene ring substituents is 1. The monoisotopic (exact) mass is 389 g/mol. The van der Waals surface area contributed by atoms with E-state index in [0.29, 0.717) is 6.42 Å². The number of carboxylic acid groups (broad SMARTS) is 1. The Morgan fingerprint density at radius 1 is 1.41 bits per heavy atom. The zero-order valence-electron chi connectivity index (χ0n) is 15.7. The fraction of sp³-hybridized carbons (Fsp3) is 0.368. The van der Waals surface area contributed by atoms with Crippen LogP contribution in [0.2, 0.25) is 0 Å². The van der Waals surface area contributed by atoms with E-state index in [-0.39, 0.29) is 11.6 Å². The number of rotatable bonds is 7. The van der Waals surface area contributed by atoms with Crippen LogP contribution in [-0.4, -0.2) is 26.6 Å². The molecule has 2 aromatic rings. The number of nitrogens with zero attached hydrogens (tertiary/aromatic N) is 2. The van der Waals surface area contributed by atoms with Gasteiger partial charge >= 0.3 is 6.09 Å². The van der Waals surface area contributed by atoms with Crippen molar-refractivity contribution in [2.75, 3.05) is 0 Å². The Kier molecular flexibility index (Phi) is 6.32. The molecule has 0 bridgehead atoms. The molecular weight excluding hydrogens is 366 g/mol. The summed E-state index contributed by atoms with van der Waals surface area (Å²) >= 11 is 1.51. The van der Waals surface area contributed by atoms with Crippen LogP contribution < -0.4 is 5.32 Å². The number of hydrogen-bond acceptors (Lipinski definition) is 5. The summed E-state index contributed by atoms with van der Waals surface area (Å²) in [7, 11) is 0. The minimum Gasteiger partial charge on any atom is -0.465 e. The number of amides is 1. The smallest absolute Gasteiger partial charge is 0.405 e. The van der Waals surface area contributed by atoms with Crippen molar-refractivity contribution in [1.29, 1.82) is 0 Å². The number of hydrogen-bond donors (Lipinski definition) is 2. The van der Waals surface area contributed by atoms with Crippen LogP contribution in [0.15, 0.2) is 24.3 Å². The molecule has 8 heteroatoms. The zero-order valence-corrected chi connectivity index (χ0v) is 16.5. The van der Waals surface area contributed by atoms with E-state index >= 15 is 0 Å². The van der Waals surface area contributed by atoms with E-state index in [4.69, 9.17) is 5.11 Å². The highest BCUT2D eigenvalue weighted by Crippen LogP contribution is 2.30. The molecule has 0 fully saturated rings. The number of carbonyl (C=O) groups is 1. The lowest BCUT2D eigenvalue weighted by Crippen LogP contribution is -2.44. The molecule has 0 radical (unpaired) electrons. The molecular formula is C19H23N3O4S. The van der Waals surface area contributed by atoms with Crippen LogP contribution in [0.5, 0.6) is 0 Å². The number of non-ortho nitro benzene ring substituents is 1. The highest BCUT2D eigenvalue weighted by atomic mass is 32.1. The molecule has 0 unspecified atom stereocenters. The molecule has 1 aromatic carbocycles. The Morgan fingerprint density at radius 2 is 2.11 bits per heavy atom. The van der Waals surface area contributed by atoms with Crippen molar-refractivity contribution in [2.24, 2.45) is 0 Å². The van der Waals surface area contributed by atoms with Crippen molar-refractivity contribution in [3.63, 3.8) is 0 Å². The molecule has 2 N–H and O–H groups in total.